The second-order valence-electron chi connectivity index (χ2n) is 3.99. The highest BCUT2D eigenvalue weighted by Crippen LogP contribution is 2.32. The monoisotopic (exact) mass is 343 g/mol. The Kier molecular flexibility index (Phi) is 2.89. The van der Waals surface area contributed by atoms with Crippen LogP contribution in [0.1, 0.15) is 0 Å². The summed E-state index contributed by atoms with van der Waals surface area (Å²) in [5, 5.41) is 9.19. The van der Waals surface area contributed by atoms with Crippen molar-refractivity contribution in [3.05, 3.63) is 40.3 Å². The molecule has 0 radical (unpaired) electrons. The highest BCUT2D eigenvalue weighted by atomic mass is 79.9. The van der Waals surface area contributed by atoms with E-state index >= 15 is 0 Å². The maximum absolute atomic E-state index is 13.8. The molecule has 2 heterocycles. The molecule has 0 unspecified atom stereocenters. The third-order valence-corrected chi connectivity index (χ3v) is 3.13. The molecule has 3 rings (SSSR count). The second-order valence-corrected chi connectivity index (χ2v) is 4.91. The minimum atomic E-state index is -1.64. The van der Waals surface area contributed by atoms with Crippen LogP contribution in [0, 0.1) is 17.5 Å². The minimum absolute atomic E-state index is 0.0581. The van der Waals surface area contributed by atoms with Gasteiger partial charge in [-0.05, 0) is 28.1 Å². The van der Waals surface area contributed by atoms with E-state index in [4.69, 9.17) is 0 Å². The van der Waals surface area contributed by atoms with Crippen molar-refractivity contribution in [3.63, 3.8) is 0 Å². The first-order valence-corrected chi connectivity index (χ1v) is 6.14. The van der Waals surface area contributed by atoms with E-state index in [1.807, 2.05) is 0 Å². The fraction of sp³-hybridized carbons (Fsp3) is 0. The van der Waals surface area contributed by atoms with Gasteiger partial charge in [0.15, 0.2) is 23.0 Å². The lowest BCUT2D eigenvalue weighted by Crippen LogP contribution is -1.94. The number of phenols is 1. The first-order chi connectivity index (χ1) is 9.47. The fourth-order valence-electron chi connectivity index (χ4n) is 1.76. The molecule has 0 bridgehead atoms. The number of benzene rings is 1. The number of pyridine rings is 1. The quantitative estimate of drug-likeness (QED) is 0.664. The third-order valence-electron chi connectivity index (χ3n) is 2.69. The Hall–Kier alpha value is -2.09. The number of aromatic hydroxyl groups is 1. The maximum atomic E-state index is 13.8. The summed E-state index contributed by atoms with van der Waals surface area (Å²) >= 11 is 3.21. The van der Waals surface area contributed by atoms with Crippen LogP contribution in [0.2, 0.25) is 0 Å². The molecule has 20 heavy (non-hydrogen) atoms. The zero-order valence-electron chi connectivity index (χ0n) is 9.59. The lowest BCUT2D eigenvalue weighted by Gasteiger charge is -2.03. The summed E-state index contributed by atoms with van der Waals surface area (Å²) in [7, 11) is 0. The number of phenolic OH excluding ortho intramolecular Hbond substituents is 1. The Balaban J connectivity index is 2.25. The number of aromatic nitrogens is 3. The van der Waals surface area contributed by atoms with Gasteiger partial charge in [-0.3, -0.25) is 0 Å². The predicted molar refractivity (Wildman–Crippen MR) is 68.6 cm³/mol. The number of nitrogens with one attached hydrogen (secondary N) is 1. The molecular weight excluding hydrogens is 339 g/mol. The highest BCUT2D eigenvalue weighted by molar-refractivity contribution is 9.10. The Bertz CT molecular complexity index is 834. The number of rotatable bonds is 1. The van der Waals surface area contributed by atoms with Crippen LogP contribution in [-0.2, 0) is 0 Å². The lowest BCUT2D eigenvalue weighted by molar-refractivity contribution is 0.377. The van der Waals surface area contributed by atoms with E-state index in [0.29, 0.717) is 16.1 Å². The summed E-state index contributed by atoms with van der Waals surface area (Å²) in [5.41, 5.74) is 0.389. The molecule has 3 aromatic rings. The van der Waals surface area contributed by atoms with Crippen molar-refractivity contribution in [1.82, 2.24) is 15.0 Å². The first kappa shape index (κ1) is 12.9. The molecule has 0 spiro atoms. The van der Waals surface area contributed by atoms with E-state index in [1.54, 1.807) is 6.07 Å². The van der Waals surface area contributed by atoms with Crippen LogP contribution < -0.4 is 0 Å². The van der Waals surface area contributed by atoms with Crippen LogP contribution >= 0.6 is 15.9 Å². The Labute approximate surface area is 118 Å². The number of hydrogen-bond acceptors (Lipinski definition) is 3. The third kappa shape index (κ3) is 1.92. The molecule has 0 saturated carbocycles. The molecule has 4 nitrogen and oxygen atoms in total. The number of hydrogen-bond donors (Lipinski definition) is 2. The van der Waals surface area contributed by atoms with Crippen LogP contribution in [0.3, 0.4) is 0 Å². The van der Waals surface area contributed by atoms with E-state index in [-0.39, 0.29) is 17.0 Å². The van der Waals surface area contributed by atoms with Gasteiger partial charge in [-0.15, -0.1) is 0 Å². The number of aromatic amines is 1. The van der Waals surface area contributed by atoms with Crippen LogP contribution in [0.5, 0.6) is 5.75 Å². The van der Waals surface area contributed by atoms with Gasteiger partial charge in [0.1, 0.15) is 5.82 Å². The second kappa shape index (κ2) is 4.48. The van der Waals surface area contributed by atoms with Gasteiger partial charge in [0.25, 0.3) is 0 Å². The zero-order valence-corrected chi connectivity index (χ0v) is 11.2. The van der Waals surface area contributed by atoms with Crippen LogP contribution in [-0.4, -0.2) is 20.1 Å². The van der Waals surface area contributed by atoms with Gasteiger partial charge in [-0.1, -0.05) is 0 Å². The van der Waals surface area contributed by atoms with Crippen molar-refractivity contribution in [1.29, 1.82) is 0 Å². The standard InChI is InChI=1S/C12H5BrF3N3O/c13-4-1-7-12(17-3-4)19-11(18-7)5-2-6(14)9(16)10(20)8(5)15/h1-3,20H,(H,17,18,19). The van der Waals surface area contributed by atoms with Gasteiger partial charge < -0.3 is 10.1 Å². The predicted octanol–water partition coefficient (Wildman–Crippen LogP) is 3.51. The molecule has 0 aliphatic carbocycles. The van der Waals surface area contributed by atoms with Crippen molar-refractivity contribution in [3.8, 4) is 17.1 Å². The largest absolute Gasteiger partial charge is 0.503 e. The van der Waals surface area contributed by atoms with Crippen LogP contribution in [0.15, 0.2) is 22.8 Å². The van der Waals surface area contributed by atoms with Crippen LogP contribution in [0.4, 0.5) is 13.2 Å². The number of nitrogens with zero attached hydrogens (tertiary/aromatic N) is 2. The summed E-state index contributed by atoms with van der Waals surface area (Å²) in [6.45, 7) is 0. The molecule has 102 valence electrons. The minimum Gasteiger partial charge on any atom is -0.503 e. The Morgan fingerprint density at radius 3 is 2.65 bits per heavy atom. The summed E-state index contributed by atoms with van der Waals surface area (Å²) in [6.07, 6.45) is 1.49. The van der Waals surface area contributed by atoms with E-state index in [0.717, 1.165) is 0 Å². The average molecular weight is 344 g/mol. The summed E-state index contributed by atoms with van der Waals surface area (Å²) in [5.74, 6) is -5.73. The van der Waals surface area contributed by atoms with Crippen molar-refractivity contribution in [2.24, 2.45) is 0 Å². The number of halogens is 4. The normalized spacial score (nSPS) is 11.2. The molecule has 2 aromatic heterocycles. The number of H-pyrrole nitrogens is 1. The van der Waals surface area contributed by atoms with Gasteiger partial charge >= 0.3 is 0 Å². The van der Waals surface area contributed by atoms with Gasteiger partial charge in [-0.25, -0.2) is 18.7 Å². The molecule has 1 aromatic carbocycles. The van der Waals surface area contributed by atoms with Crippen molar-refractivity contribution in [2.45, 2.75) is 0 Å². The summed E-state index contributed by atoms with van der Waals surface area (Å²) in [6, 6.07) is 2.27. The van der Waals surface area contributed by atoms with E-state index < -0.39 is 23.2 Å². The van der Waals surface area contributed by atoms with E-state index in [9.17, 15) is 18.3 Å². The number of fused-ring (bicyclic) bond motifs is 1. The van der Waals surface area contributed by atoms with Gasteiger partial charge in [-0.2, -0.15) is 4.39 Å². The smallest absolute Gasteiger partial charge is 0.203 e. The molecule has 0 aliphatic heterocycles. The van der Waals surface area contributed by atoms with Gasteiger partial charge in [0.05, 0.1) is 11.1 Å². The topological polar surface area (TPSA) is 61.8 Å². The molecule has 0 atom stereocenters. The van der Waals surface area contributed by atoms with Gasteiger partial charge in [0, 0.05) is 10.7 Å². The average Bonchev–Trinajstić information content (AvgIpc) is 2.83. The molecule has 2 N–H and O–H groups in total. The Morgan fingerprint density at radius 1 is 1.15 bits per heavy atom. The van der Waals surface area contributed by atoms with Crippen molar-refractivity contribution >= 4 is 27.1 Å². The number of imidazole rings is 1. The molecule has 0 saturated heterocycles. The maximum Gasteiger partial charge on any atom is 0.203 e. The lowest BCUT2D eigenvalue weighted by atomic mass is 10.1. The molecule has 8 heteroatoms. The van der Waals surface area contributed by atoms with Gasteiger partial charge in [0.2, 0.25) is 5.82 Å². The molecule has 0 amide bonds. The van der Waals surface area contributed by atoms with Crippen LogP contribution in [0.25, 0.3) is 22.6 Å². The fourth-order valence-corrected chi connectivity index (χ4v) is 2.10. The SMILES string of the molecule is Oc1c(F)c(F)cc(-c2nc3ncc(Br)cc3[nH]2)c1F. The molecule has 0 fully saturated rings. The van der Waals surface area contributed by atoms with Crippen molar-refractivity contribution < 1.29 is 18.3 Å². The Morgan fingerprint density at radius 2 is 1.90 bits per heavy atom. The van der Waals surface area contributed by atoms with E-state index in [2.05, 4.69) is 30.9 Å². The van der Waals surface area contributed by atoms with E-state index in [1.165, 1.54) is 6.20 Å². The summed E-state index contributed by atoms with van der Waals surface area (Å²) in [4.78, 5) is 10.7. The summed E-state index contributed by atoms with van der Waals surface area (Å²) < 4.78 is 40.8. The molecular formula is C12H5BrF3N3O. The first-order valence-electron chi connectivity index (χ1n) is 5.35. The zero-order chi connectivity index (χ0) is 14.4. The highest BCUT2D eigenvalue weighted by Gasteiger charge is 2.21. The molecule has 0 aliphatic rings. The van der Waals surface area contributed by atoms with Crippen molar-refractivity contribution in [2.75, 3.05) is 0 Å².